The molecule has 0 saturated heterocycles. The van der Waals surface area contributed by atoms with E-state index in [0.717, 1.165) is 38.5 Å². The molecule has 182 valence electrons. The lowest BCUT2D eigenvalue weighted by Gasteiger charge is -2.62. The van der Waals surface area contributed by atoms with Gasteiger partial charge in [-0.1, -0.05) is 20.8 Å². The molecule has 10 atom stereocenters. The summed E-state index contributed by atoms with van der Waals surface area (Å²) in [5.74, 6) is 3.12. The maximum Gasteiger partial charge on any atom is 0.294 e. The van der Waals surface area contributed by atoms with Crippen molar-refractivity contribution >= 4 is 12.4 Å². The molecule has 0 bridgehead atoms. The molecule has 1 amide bonds. The summed E-state index contributed by atoms with van der Waals surface area (Å²) in [5, 5.41) is 24.5. The minimum atomic E-state index is -0.291. The Bertz CT molecular complexity index is 700. The first-order valence-corrected chi connectivity index (χ1v) is 12.9. The number of aliphatic hydroxyl groups excluding tert-OH is 2. The lowest BCUT2D eigenvalue weighted by atomic mass is 9.43. The first-order chi connectivity index (χ1) is 15.2. The zero-order valence-electron chi connectivity index (χ0n) is 20.1. The molecule has 4 aliphatic rings. The van der Waals surface area contributed by atoms with Crippen molar-refractivity contribution < 1.29 is 24.5 Å². The Hall–Kier alpha value is -1.14. The lowest BCUT2D eigenvalue weighted by molar-refractivity contribution is -0.175. The van der Waals surface area contributed by atoms with E-state index >= 15 is 0 Å². The standard InChI is InChI=1S/C26H43NO5/c1-16(4-9-24(31)27-14-32-15-28)20-7-8-21-19-6-5-17-12-18(29)10-11-25(17,2)22(19)13-23(30)26(20,21)3/h15-23,29-30H,4-14H2,1-3H3,(H,27,31)/t16?,17-,18-,19?,20-,21?,22?,23+,25+,26-/m1/s1. The molecule has 4 rings (SSSR count). The highest BCUT2D eigenvalue weighted by atomic mass is 16.5. The highest BCUT2D eigenvalue weighted by Crippen LogP contribution is 2.68. The van der Waals surface area contributed by atoms with Crippen LogP contribution in [-0.4, -0.2) is 41.5 Å². The lowest BCUT2D eigenvalue weighted by Crippen LogP contribution is -2.58. The van der Waals surface area contributed by atoms with E-state index in [1.807, 2.05) is 0 Å². The molecule has 4 fully saturated rings. The fraction of sp³-hybridized carbons (Fsp3) is 0.923. The molecule has 0 aliphatic heterocycles. The van der Waals surface area contributed by atoms with Crippen molar-refractivity contribution in [3.63, 3.8) is 0 Å². The Morgan fingerprint density at radius 1 is 1.12 bits per heavy atom. The van der Waals surface area contributed by atoms with Crippen molar-refractivity contribution in [2.45, 2.75) is 97.2 Å². The molecule has 0 aromatic rings. The van der Waals surface area contributed by atoms with Crippen LogP contribution in [0.15, 0.2) is 0 Å². The fourth-order valence-corrected chi connectivity index (χ4v) is 8.96. The van der Waals surface area contributed by atoms with Crippen LogP contribution in [0.1, 0.15) is 85.0 Å². The monoisotopic (exact) mass is 449 g/mol. The zero-order valence-corrected chi connectivity index (χ0v) is 20.1. The summed E-state index contributed by atoms with van der Waals surface area (Å²) in [4.78, 5) is 22.3. The number of amides is 1. The molecule has 4 saturated carbocycles. The van der Waals surface area contributed by atoms with Crippen molar-refractivity contribution in [1.29, 1.82) is 0 Å². The molecule has 3 N–H and O–H groups in total. The number of carbonyl (C=O) groups excluding carboxylic acids is 2. The third-order valence-electron chi connectivity index (χ3n) is 10.8. The van der Waals surface area contributed by atoms with Gasteiger partial charge in [-0.25, -0.2) is 0 Å². The predicted molar refractivity (Wildman–Crippen MR) is 121 cm³/mol. The first-order valence-electron chi connectivity index (χ1n) is 12.9. The molecular weight excluding hydrogens is 406 g/mol. The third kappa shape index (κ3) is 4.00. The van der Waals surface area contributed by atoms with E-state index in [1.165, 1.54) is 19.3 Å². The van der Waals surface area contributed by atoms with Gasteiger partial charge in [-0.05, 0) is 104 Å². The SMILES string of the molecule is CC(CCC(=O)NCOC=O)[C@H]1CCC2C3CC[C@@H]4C[C@H](O)CC[C@]4(C)C3C[C@H](O)[C@@]21C. The van der Waals surface area contributed by atoms with Crippen molar-refractivity contribution in [1.82, 2.24) is 5.32 Å². The smallest absolute Gasteiger partial charge is 0.294 e. The minimum absolute atomic E-state index is 0.0709. The van der Waals surface area contributed by atoms with Gasteiger partial charge in [0, 0.05) is 6.42 Å². The second-order valence-electron chi connectivity index (χ2n) is 11.9. The number of hydrogen-bond acceptors (Lipinski definition) is 5. The molecule has 0 aromatic carbocycles. The largest absolute Gasteiger partial charge is 0.447 e. The molecule has 32 heavy (non-hydrogen) atoms. The van der Waals surface area contributed by atoms with E-state index in [1.54, 1.807) is 0 Å². The summed E-state index contributed by atoms with van der Waals surface area (Å²) < 4.78 is 4.55. The quantitative estimate of drug-likeness (QED) is 0.313. The van der Waals surface area contributed by atoms with E-state index in [2.05, 4.69) is 30.8 Å². The van der Waals surface area contributed by atoms with Gasteiger partial charge < -0.3 is 20.3 Å². The summed E-state index contributed by atoms with van der Waals surface area (Å²) in [6.45, 7) is 7.30. The van der Waals surface area contributed by atoms with Crippen molar-refractivity contribution in [3.8, 4) is 0 Å². The number of hydrogen-bond donors (Lipinski definition) is 3. The number of nitrogens with one attached hydrogen (secondary N) is 1. The summed E-state index contributed by atoms with van der Waals surface area (Å²) in [6.07, 6.45) is 9.42. The molecule has 0 spiro atoms. The van der Waals surface area contributed by atoms with Gasteiger partial charge in [0.05, 0.1) is 12.2 Å². The van der Waals surface area contributed by atoms with E-state index < -0.39 is 0 Å². The maximum absolute atomic E-state index is 12.1. The van der Waals surface area contributed by atoms with Crippen LogP contribution in [0.2, 0.25) is 0 Å². The van der Waals surface area contributed by atoms with Crippen molar-refractivity contribution in [2.24, 2.45) is 46.3 Å². The van der Waals surface area contributed by atoms with E-state index in [4.69, 9.17) is 0 Å². The highest BCUT2D eigenvalue weighted by molar-refractivity contribution is 5.75. The van der Waals surface area contributed by atoms with Crippen LogP contribution >= 0.6 is 0 Å². The Kier molecular flexibility index (Phi) is 6.94. The number of ether oxygens (including phenoxy) is 1. The van der Waals surface area contributed by atoms with E-state index in [9.17, 15) is 19.8 Å². The van der Waals surface area contributed by atoms with Crippen LogP contribution in [-0.2, 0) is 14.3 Å². The van der Waals surface area contributed by atoms with Crippen molar-refractivity contribution in [2.75, 3.05) is 6.73 Å². The Balaban J connectivity index is 1.44. The van der Waals surface area contributed by atoms with Gasteiger partial charge >= 0.3 is 0 Å². The van der Waals surface area contributed by atoms with Crippen LogP contribution in [0.25, 0.3) is 0 Å². The van der Waals surface area contributed by atoms with Gasteiger partial charge in [0.1, 0.15) is 0 Å². The average Bonchev–Trinajstić information content (AvgIpc) is 3.12. The summed E-state index contributed by atoms with van der Waals surface area (Å²) >= 11 is 0. The molecule has 0 radical (unpaired) electrons. The van der Waals surface area contributed by atoms with Gasteiger partial charge in [0.2, 0.25) is 5.91 Å². The van der Waals surface area contributed by atoms with Gasteiger partial charge in [-0.15, -0.1) is 0 Å². The number of aliphatic hydroxyl groups is 2. The second kappa shape index (κ2) is 9.25. The second-order valence-corrected chi connectivity index (χ2v) is 11.9. The first kappa shape index (κ1) is 24.0. The van der Waals surface area contributed by atoms with Crippen LogP contribution in [0, 0.1) is 46.3 Å². The van der Waals surface area contributed by atoms with Gasteiger partial charge in [0.15, 0.2) is 6.73 Å². The molecular formula is C26H43NO5. The number of carbonyl (C=O) groups is 2. The zero-order chi connectivity index (χ0) is 23.1. The molecule has 4 unspecified atom stereocenters. The average molecular weight is 450 g/mol. The Morgan fingerprint density at radius 2 is 1.91 bits per heavy atom. The highest BCUT2D eigenvalue weighted by Gasteiger charge is 2.63. The maximum atomic E-state index is 12.1. The normalized spacial score (nSPS) is 46.3. The van der Waals surface area contributed by atoms with Crippen LogP contribution in [0.3, 0.4) is 0 Å². The summed E-state index contributed by atoms with van der Waals surface area (Å²) in [6, 6.07) is 0. The predicted octanol–water partition coefficient (Wildman–Crippen LogP) is 3.64. The molecule has 4 aliphatic carbocycles. The third-order valence-corrected chi connectivity index (χ3v) is 10.8. The van der Waals surface area contributed by atoms with Crippen LogP contribution in [0.4, 0.5) is 0 Å². The topological polar surface area (TPSA) is 95.9 Å². The summed E-state index contributed by atoms with van der Waals surface area (Å²) in [7, 11) is 0. The molecule has 6 heteroatoms. The van der Waals surface area contributed by atoms with Gasteiger partial charge in [-0.3, -0.25) is 9.59 Å². The molecule has 0 heterocycles. The fourth-order valence-electron chi connectivity index (χ4n) is 8.96. The van der Waals surface area contributed by atoms with Crippen molar-refractivity contribution in [3.05, 3.63) is 0 Å². The number of rotatable bonds is 7. The molecule has 0 aromatic heterocycles. The minimum Gasteiger partial charge on any atom is -0.447 e. The van der Waals surface area contributed by atoms with E-state index in [-0.39, 0.29) is 35.7 Å². The number of fused-ring (bicyclic) bond motifs is 5. The van der Waals surface area contributed by atoms with E-state index in [0.29, 0.717) is 48.4 Å². The Morgan fingerprint density at radius 3 is 2.66 bits per heavy atom. The van der Waals surface area contributed by atoms with Crippen LogP contribution < -0.4 is 5.32 Å². The Labute approximate surface area is 192 Å². The van der Waals surface area contributed by atoms with Gasteiger partial charge in [0.25, 0.3) is 6.47 Å². The summed E-state index contributed by atoms with van der Waals surface area (Å²) in [5.41, 5.74) is 0.185. The van der Waals surface area contributed by atoms with Crippen LogP contribution in [0.5, 0.6) is 0 Å². The van der Waals surface area contributed by atoms with Gasteiger partial charge in [-0.2, -0.15) is 0 Å². The molecule has 6 nitrogen and oxygen atoms in total.